The first-order valence-corrected chi connectivity index (χ1v) is 7.46. The Balaban J connectivity index is 2.13. The van der Waals surface area contributed by atoms with Gasteiger partial charge in [-0.25, -0.2) is 0 Å². The van der Waals surface area contributed by atoms with E-state index >= 15 is 0 Å². The highest BCUT2D eigenvalue weighted by Crippen LogP contribution is 2.21. The number of benzene rings is 1. The van der Waals surface area contributed by atoms with E-state index in [0.717, 1.165) is 16.5 Å². The van der Waals surface area contributed by atoms with Gasteiger partial charge in [-0.15, -0.1) is 0 Å². The smallest absolute Gasteiger partial charge is 0.227 e. The fourth-order valence-corrected chi connectivity index (χ4v) is 2.61. The van der Waals surface area contributed by atoms with Crippen LogP contribution in [0.5, 0.6) is 0 Å². The van der Waals surface area contributed by atoms with Crippen LogP contribution in [0.1, 0.15) is 5.56 Å². The minimum absolute atomic E-state index is 0.102. The van der Waals surface area contributed by atoms with Crippen LogP contribution in [-0.4, -0.2) is 55.9 Å². The van der Waals surface area contributed by atoms with Crippen molar-refractivity contribution in [3.63, 3.8) is 0 Å². The number of aryl methyl sites for hydroxylation is 1. The van der Waals surface area contributed by atoms with Gasteiger partial charge in [0.1, 0.15) is 0 Å². The molecule has 0 bridgehead atoms. The topological polar surface area (TPSA) is 43.7 Å². The summed E-state index contributed by atoms with van der Waals surface area (Å²) in [5.41, 5.74) is 2.20. The minimum Gasteiger partial charge on any atom is -0.383 e. The molecule has 0 aliphatic heterocycles. The molecule has 1 amide bonds. The molecule has 2 rings (SSSR count). The van der Waals surface area contributed by atoms with Gasteiger partial charge in [-0.3, -0.25) is 4.79 Å². The molecule has 0 fully saturated rings. The molecule has 2 aromatic rings. The molecule has 0 spiro atoms. The minimum atomic E-state index is 0.102. The van der Waals surface area contributed by atoms with Gasteiger partial charge >= 0.3 is 0 Å². The third-order valence-electron chi connectivity index (χ3n) is 3.80. The maximum absolute atomic E-state index is 12.6. The number of aromatic nitrogens is 1. The third kappa shape index (κ3) is 3.87. The summed E-state index contributed by atoms with van der Waals surface area (Å²) in [5.74, 6) is 0.102. The fourth-order valence-electron chi connectivity index (χ4n) is 2.61. The van der Waals surface area contributed by atoms with E-state index in [1.54, 1.807) is 19.1 Å². The number of ether oxygens (including phenoxy) is 2. The Morgan fingerprint density at radius 2 is 1.77 bits per heavy atom. The highest BCUT2D eigenvalue weighted by Gasteiger charge is 2.16. The molecule has 1 aromatic carbocycles. The molecule has 0 aliphatic rings. The van der Waals surface area contributed by atoms with Crippen molar-refractivity contribution >= 4 is 16.8 Å². The summed E-state index contributed by atoms with van der Waals surface area (Å²) in [6.07, 6.45) is 2.43. The number of carbonyl (C=O) groups is 1. The molecule has 5 heteroatoms. The van der Waals surface area contributed by atoms with Crippen LogP contribution in [0.3, 0.4) is 0 Å². The van der Waals surface area contributed by atoms with Crippen molar-refractivity contribution in [2.24, 2.45) is 7.05 Å². The van der Waals surface area contributed by atoms with E-state index in [0.29, 0.717) is 32.7 Å². The number of fused-ring (bicyclic) bond motifs is 1. The van der Waals surface area contributed by atoms with E-state index < -0.39 is 0 Å². The summed E-state index contributed by atoms with van der Waals surface area (Å²) >= 11 is 0. The van der Waals surface area contributed by atoms with Crippen LogP contribution in [0.25, 0.3) is 10.9 Å². The predicted molar refractivity (Wildman–Crippen MR) is 87.0 cm³/mol. The van der Waals surface area contributed by atoms with E-state index in [4.69, 9.17) is 9.47 Å². The Hall–Kier alpha value is -1.85. The Bertz CT molecular complexity index is 613. The Morgan fingerprint density at radius 3 is 2.41 bits per heavy atom. The van der Waals surface area contributed by atoms with Crippen molar-refractivity contribution in [1.29, 1.82) is 0 Å². The quantitative estimate of drug-likeness (QED) is 0.747. The molecule has 0 unspecified atom stereocenters. The molecule has 0 saturated carbocycles. The first-order valence-electron chi connectivity index (χ1n) is 7.46. The predicted octanol–water partition coefficient (Wildman–Crippen LogP) is 1.84. The normalized spacial score (nSPS) is 11.0. The summed E-state index contributed by atoms with van der Waals surface area (Å²) in [6, 6.07) is 8.14. The van der Waals surface area contributed by atoms with E-state index in [1.165, 1.54) is 0 Å². The lowest BCUT2D eigenvalue weighted by Crippen LogP contribution is -2.37. The highest BCUT2D eigenvalue weighted by molar-refractivity contribution is 5.89. The average molecular weight is 304 g/mol. The number of hydrogen-bond donors (Lipinski definition) is 0. The Morgan fingerprint density at radius 1 is 1.14 bits per heavy atom. The van der Waals surface area contributed by atoms with Gasteiger partial charge in [0.25, 0.3) is 0 Å². The summed E-state index contributed by atoms with van der Waals surface area (Å²) in [6.45, 7) is 2.24. The van der Waals surface area contributed by atoms with Crippen molar-refractivity contribution in [2.45, 2.75) is 6.42 Å². The molecular weight excluding hydrogens is 280 g/mol. The second-order valence-electron chi connectivity index (χ2n) is 5.33. The van der Waals surface area contributed by atoms with Gasteiger partial charge in [0.05, 0.1) is 19.6 Å². The lowest BCUT2D eigenvalue weighted by molar-refractivity contribution is -0.131. The number of methoxy groups -OCH3 is 2. The molecule has 0 saturated heterocycles. The molecule has 120 valence electrons. The monoisotopic (exact) mass is 304 g/mol. The second-order valence-corrected chi connectivity index (χ2v) is 5.33. The van der Waals surface area contributed by atoms with Crippen LogP contribution in [0.4, 0.5) is 0 Å². The molecule has 1 heterocycles. The van der Waals surface area contributed by atoms with Crippen molar-refractivity contribution < 1.29 is 14.3 Å². The molecule has 5 nitrogen and oxygen atoms in total. The summed E-state index contributed by atoms with van der Waals surface area (Å²) in [4.78, 5) is 14.4. The van der Waals surface area contributed by atoms with Gasteiger partial charge in [-0.05, 0) is 11.6 Å². The van der Waals surface area contributed by atoms with E-state index in [2.05, 4.69) is 16.7 Å². The van der Waals surface area contributed by atoms with Crippen molar-refractivity contribution in [2.75, 3.05) is 40.5 Å². The molecule has 0 N–H and O–H groups in total. The van der Waals surface area contributed by atoms with E-state index in [-0.39, 0.29) is 5.91 Å². The zero-order valence-electron chi connectivity index (χ0n) is 13.5. The van der Waals surface area contributed by atoms with Crippen LogP contribution in [0, 0.1) is 0 Å². The zero-order valence-corrected chi connectivity index (χ0v) is 13.5. The third-order valence-corrected chi connectivity index (χ3v) is 3.80. The van der Waals surface area contributed by atoms with Crippen LogP contribution in [0.15, 0.2) is 30.5 Å². The van der Waals surface area contributed by atoms with E-state index in [9.17, 15) is 4.79 Å². The maximum Gasteiger partial charge on any atom is 0.227 e. The summed E-state index contributed by atoms with van der Waals surface area (Å²) < 4.78 is 12.2. The first kappa shape index (κ1) is 16.5. The maximum atomic E-state index is 12.6. The number of para-hydroxylation sites is 1. The van der Waals surface area contributed by atoms with Gasteiger partial charge in [-0.1, -0.05) is 18.2 Å². The number of nitrogens with zero attached hydrogens (tertiary/aromatic N) is 2. The number of carbonyl (C=O) groups excluding carboxylic acids is 1. The highest BCUT2D eigenvalue weighted by atomic mass is 16.5. The number of hydrogen-bond acceptors (Lipinski definition) is 3. The molecule has 22 heavy (non-hydrogen) atoms. The van der Waals surface area contributed by atoms with Crippen molar-refractivity contribution in [3.05, 3.63) is 36.0 Å². The SMILES string of the molecule is COCCN(CCOC)C(=O)Cc1cn(C)c2ccccc12. The summed E-state index contributed by atoms with van der Waals surface area (Å²) in [5, 5.41) is 1.14. The summed E-state index contributed by atoms with van der Waals surface area (Å²) in [7, 11) is 5.29. The average Bonchev–Trinajstić information content (AvgIpc) is 2.84. The van der Waals surface area contributed by atoms with Gasteiger partial charge in [-0.2, -0.15) is 0 Å². The fraction of sp³-hybridized carbons (Fsp3) is 0.471. The number of amides is 1. The van der Waals surface area contributed by atoms with Gasteiger partial charge in [0.15, 0.2) is 0 Å². The van der Waals surface area contributed by atoms with Crippen LogP contribution >= 0.6 is 0 Å². The molecule has 0 atom stereocenters. The Kier molecular flexibility index (Phi) is 5.98. The number of rotatable bonds is 8. The molecule has 0 radical (unpaired) electrons. The van der Waals surface area contributed by atoms with Gasteiger partial charge in [0, 0.05) is 51.5 Å². The molecule has 1 aromatic heterocycles. The largest absolute Gasteiger partial charge is 0.383 e. The van der Waals surface area contributed by atoms with Gasteiger partial charge < -0.3 is 18.9 Å². The lowest BCUT2D eigenvalue weighted by atomic mass is 10.1. The van der Waals surface area contributed by atoms with Crippen LogP contribution in [0.2, 0.25) is 0 Å². The first-order chi connectivity index (χ1) is 10.7. The Labute approximate surface area is 131 Å². The van der Waals surface area contributed by atoms with Crippen LogP contribution in [-0.2, 0) is 27.7 Å². The molecule has 0 aliphatic carbocycles. The van der Waals surface area contributed by atoms with Crippen LogP contribution < -0.4 is 0 Å². The lowest BCUT2D eigenvalue weighted by Gasteiger charge is -2.22. The second kappa shape index (κ2) is 7.96. The standard InChI is InChI=1S/C17H24N2O3/c1-18-13-14(15-6-4-5-7-16(15)18)12-17(20)19(8-10-21-2)9-11-22-3/h4-7,13H,8-12H2,1-3H3. The van der Waals surface area contributed by atoms with E-state index in [1.807, 2.05) is 25.4 Å². The molecular formula is C17H24N2O3. The van der Waals surface area contributed by atoms with Gasteiger partial charge in [0.2, 0.25) is 5.91 Å². The zero-order chi connectivity index (χ0) is 15.9. The van der Waals surface area contributed by atoms with Crippen molar-refractivity contribution in [1.82, 2.24) is 9.47 Å². The van der Waals surface area contributed by atoms with Crippen molar-refractivity contribution in [3.8, 4) is 0 Å².